The van der Waals surface area contributed by atoms with E-state index in [1.807, 2.05) is 4.90 Å². The van der Waals surface area contributed by atoms with Crippen molar-refractivity contribution < 1.29 is 23.1 Å². The predicted molar refractivity (Wildman–Crippen MR) is 107 cm³/mol. The van der Waals surface area contributed by atoms with E-state index >= 15 is 0 Å². The van der Waals surface area contributed by atoms with Crippen molar-refractivity contribution in [2.24, 2.45) is 0 Å². The zero-order valence-corrected chi connectivity index (χ0v) is 16.3. The minimum absolute atomic E-state index is 0.0621. The Morgan fingerprint density at radius 2 is 1.76 bits per heavy atom. The van der Waals surface area contributed by atoms with Gasteiger partial charge in [0.05, 0.1) is 30.4 Å². The van der Waals surface area contributed by atoms with E-state index in [4.69, 9.17) is 4.74 Å². The molecule has 2 aromatic carbocycles. The summed E-state index contributed by atoms with van der Waals surface area (Å²) in [6.45, 7) is 2.43. The fraction of sp³-hybridized carbons (Fsp3) is 0.238. The first-order valence-electron chi connectivity index (χ1n) is 9.13. The summed E-state index contributed by atoms with van der Waals surface area (Å²) in [6, 6.07) is 10.4. The van der Waals surface area contributed by atoms with Crippen molar-refractivity contribution in [3.63, 3.8) is 0 Å². The number of rotatable bonds is 4. The van der Waals surface area contributed by atoms with Gasteiger partial charge in [0.2, 0.25) is 0 Å². The predicted octanol–water partition coefficient (Wildman–Crippen LogP) is 4.04. The molecule has 2 fully saturated rings. The van der Waals surface area contributed by atoms with Gasteiger partial charge in [-0.2, -0.15) is 0 Å². The van der Waals surface area contributed by atoms with Gasteiger partial charge >= 0.3 is 0 Å². The van der Waals surface area contributed by atoms with Gasteiger partial charge in [-0.1, -0.05) is 18.2 Å². The summed E-state index contributed by atoms with van der Waals surface area (Å²) < 4.78 is 32.9. The van der Waals surface area contributed by atoms with Crippen molar-refractivity contribution in [3.8, 4) is 0 Å². The zero-order valence-electron chi connectivity index (χ0n) is 15.4. The molecule has 29 heavy (non-hydrogen) atoms. The second kappa shape index (κ2) is 8.34. The van der Waals surface area contributed by atoms with Crippen LogP contribution in [0.4, 0.5) is 19.3 Å². The number of thioether (sulfide) groups is 1. The van der Waals surface area contributed by atoms with Gasteiger partial charge < -0.3 is 9.64 Å². The Hall–Kier alpha value is -2.71. The van der Waals surface area contributed by atoms with Crippen LogP contribution in [0.2, 0.25) is 0 Å². The van der Waals surface area contributed by atoms with Gasteiger partial charge in [0.15, 0.2) is 0 Å². The number of morpholine rings is 1. The largest absolute Gasteiger partial charge is 0.378 e. The molecule has 0 aromatic heterocycles. The van der Waals surface area contributed by atoms with Crippen LogP contribution < -0.4 is 4.90 Å². The highest BCUT2D eigenvalue weighted by atomic mass is 32.2. The van der Waals surface area contributed by atoms with E-state index in [9.17, 15) is 18.4 Å². The van der Waals surface area contributed by atoms with Crippen LogP contribution in [0.25, 0.3) is 6.08 Å². The van der Waals surface area contributed by atoms with Crippen LogP contribution in [0.5, 0.6) is 0 Å². The summed E-state index contributed by atoms with van der Waals surface area (Å²) in [4.78, 5) is 28.1. The molecule has 2 amide bonds. The lowest BCUT2D eigenvalue weighted by Crippen LogP contribution is -2.36. The van der Waals surface area contributed by atoms with Crippen LogP contribution in [0.15, 0.2) is 47.4 Å². The molecule has 2 aliphatic heterocycles. The summed E-state index contributed by atoms with van der Waals surface area (Å²) in [5.74, 6) is -1.21. The highest BCUT2D eigenvalue weighted by molar-refractivity contribution is 8.18. The quantitative estimate of drug-likeness (QED) is 0.705. The topological polar surface area (TPSA) is 49.9 Å². The van der Waals surface area contributed by atoms with E-state index in [0.717, 1.165) is 16.7 Å². The number of nitrogens with zero attached hydrogens (tertiary/aromatic N) is 2. The van der Waals surface area contributed by atoms with E-state index in [-0.39, 0.29) is 23.1 Å². The van der Waals surface area contributed by atoms with E-state index in [1.165, 1.54) is 36.4 Å². The van der Waals surface area contributed by atoms with Gasteiger partial charge in [0, 0.05) is 13.1 Å². The van der Waals surface area contributed by atoms with Gasteiger partial charge in [-0.05, 0) is 53.2 Å². The van der Waals surface area contributed by atoms with E-state index in [2.05, 4.69) is 0 Å². The van der Waals surface area contributed by atoms with Crippen LogP contribution in [0.1, 0.15) is 11.1 Å². The SMILES string of the molecule is O=C1S/C(=C/c2ccc(N3CCOCC3)c(F)c2)C(=O)N1Cc1ccc(F)cc1. The molecule has 4 rings (SSSR count). The molecule has 2 heterocycles. The lowest BCUT2D eigenvalue weighted by atomic mass is 10.1. The maximum absolute atomic E-state index is 14.6. The molecule has 2 saturated heterocycles. The van der Waals surface area contributed by atoms with Crippen LogP contribution in [0.3, 0.4) is 0 Å². The molecule has 0 radical (unpaired) electrons. The molecule has 0 bridgehead atoms. The molecule has 2 aromatic rings. The van der Waals surface area contributed by atoms with E-state index in [1.54, 1.807) is 12.1 Å². The number of halogens is 2. The van der Waals surface area contributed by atoms with Crippen LogP contribution >= 0.6 is 11.8 Å². The first-order valence-corrected chi connectivity index (χ1v) is 9.95. The molecular formula is C21H18F2N2O3S. The maximum atomic E-state index is 14.6. The Morgan fingerprint density at radius 3 is 2.45 bits per heavy atom. The number of amides is 2. The smallest absolute Gasteiger partial charge is 0.293 e. The summed E-state index contributed by atoms with van der Waals surface area (Å²) in [6.07, 6.45) is 1.52. The first kappa shape index (κ1) is 19.6. The molecule has 0 N–H and O–H groups in total. The number of imide groups is 1. The van der Waals surface area contributed by atoms with Gasteiger partial charge in [0.1, 0.15) is 11.6 Å². The molecule has 150 valence electrons. The second-order valence-electron chi connectivity index (χ2n) is 6.70. The number of ether oxygens (including phenoxy) is 1. The van der Waals surface area contributed by atoms with Crippen molar-refractivity contribution >= 4 is 34.7 Å². The average Bonchev–Trinajstić information content (AvgIpc) is 2.98. The third-order valence-corrected chi connectivity index (χ3v) is 5.66. The molecule has 0 aliphatic carbocycles. The summed E-state index contributed by atoms with van der Waals surface area (Å²) in [5.41, 5.74) is 1.65. The molecule has 0 atom stereocenters. The number of hydrogen-bond acceptors (Lipinski definition) is 5. The van der Waals surface area contributed by atoms with Crippen molar-refractivity contribution in [1.82, 2.24) is 4.90 Å². The van der Waals surface area contributed by atoms with Gasteiger partial charge in [0.25, 0.3) is 11.1 Å². The standard InChI is InChI=1S/C21H18F2N2O3S/c22-16-4-1-14(2-5-16)13-25-20(26)19(29-21(25)27)12-15-3-6-18(17(23)11-15)24-7-9-28-10-8-24/h1-6,11-12H,7-10,13H2/b19-12+. The van der Waals surface area contributed by atoms with Crippen molar-refractivity contribution in [2.75, 3.05) is 31.2 Å². The molecule has 0 saturated carbocycles. The Balaban J connectivity index is 1.50. The summed E-state index contributed by atoms with van der Waals surface area (Å²) in [7, 11) is 0. The average molecular weight is 416 g/mol. The minimum atomic E-state index is -0.443. The van der Waals surface area contributed by atoms with Crippen LogP contribution in [0, 0.1) is 11.6 Å². The molecule has 5 nitrogen and oxygen atoms in total. The molecule has 0 spiro atoms. The number of benzene rings is 2. The minimum Gasteiger partial charge on any atom is -0.378 e. The van der Waals surface area contributed by atoms with Gasteiger partial charge in [-0.3, -0.25) is 14.5 Å². The maximum Gasteiger partial charge on any atom is 0.293 e. The highest BCUT2D eigenvalue weighted by Gasteiger charge is 2.35. The van der Waals surface area contributed by atoms with Crippen LogP contribution in [-0.2, 0) is 16.1 Å². The Morgan fingerprint density at radius 1 is 1.03 bits per heavy atom. The van der Waals surface area contributed by atoms with Crippen LogP contribution in [-0.4, -0.2) is 42.3 Å². The van der Waals surface area contributed by atoms with Crippen molar-refractivity contribution in [3.05, 3.63) is 70.1 Å². The first-order chi connectivity index (χ1) is 14.0. The molecular weight excluding hydrogens is 398 g/mol. The molecule has 8 heteroatoms. The van der Waals surface area contributed by atoms with Gasteiger partial charge in [-0.15, -0.1) is 0 Å². The third kappa shape index (κ3) is 4.33. The Kier molecular flexibility index (Phi) is 5.64. The number of hydrogen-bond donors (Lipinski definition) is 0. The second-order valence-corrected chi connectivity index (χ2v) is 7.70. The lowest BCUT2D eigenvalue weighted by molar-refractivity contribution is -0.123. The Bertz CT molecular complexity index is 972. The molecule has 0 unspecified atom stereocenters. The van der Waals surface area contributed by atoms with E-state index < -0.39 is 11.1 Å². The summed E-state index contributed by atoms with van der Waals surface area (Å²) >= 11 is 0.812. The lowest BCUT2D eigenvalue weighted by Gasteiger charge is -2.29. The van der Waals surface area contributed by atoms with Crippen molar-refractivity contribution in [2.45, 2.75) is 6.54 Å². The van der Waals surface area contributed by atoms with Gasteiger partial charge in [-0.25, -0.2) is 8.78 Å². The number of carbonyl (C=O) groups excluding carboxylic acids is 2. The fourth-order valence-corrected chi connectivity index (χ4v) is 4.07. The van der Waals surface area contributed by atoms with E-state index in [0.29, 0.717) is 43.1 Å². The summed E-state index contributed by atoms with van der Waals surface area (Å²) in [5, 5.41) is -0.406. The Labute approximate surface area is 170 Å². The normalized spacial score (nSPS) is 18.8. The number of carbonyl (C=O) groups is 2. The highest BCUT2D eigenvalue weighted by Crippen LogP contribution is 2.34. The zero-order chi connectivity index (χ0) is 20.4. The third-order valence-electron chi connectivity index (χ3n) is 4.75. The molecule has 2 aliphatic rings. The fourth-order valence-electron chi connectivity index (χ4n) is 3.23. The monoisotopic (exact) mass is 416 g/mol. The number of anilines is 1. The van der Waals surface area contributed by atoms with Crippen molar-refractivity contribution in [1.29, 1.82) is 0 Å².